The normalized spacial score (nSPS) is 10.0. The lowest BCUT2D eigenvalue weighted by molar-refractivity contribution is 0.103. The average Bonchev–Trinajstić information content (AvgIpc) is 2.77. The summed E-state index contributed by atoms with van der Waals surface area (Å²) in [6.45, 7) is 1.97. The first-order chi connectivity index (χ1) is 8.19. The van der Waals surface area contributed by atoms with Gasteiger partial charge < -0.3 is 10.1 Å². The Hall–Kier alpha value is -1.88. The maximum absolute atomic E-state index is 11.8. The molecule has 0 atom stereocenters. The Balaban J connectivity index is 2.07. The molecule has 2 heterocycles. The van der Waals surface area contributed by atoms with Crippen LogP contribution in [0.25, 0.3) is 0 Å². The first-order valence-electron chi connectivity index (χ1n) is 5.07. The molecule has 1 N–H and O–H groups in total. The molecule has 2 aromatic rings. The van der Waals surface area contributed by atoms with Gasteiger partial charge in [-0.25, -0.2) is 4.98 Å². The number of amides is 1. The molecule has 0 aliphatic heterocycles. The lowest BCUT2D eigenvalue weighted by Crippen LogP contribution is -2.10. The molecule has 0 aromatic carbocycles. The van der Waals surface area contributed by atoms with Gasteiger partial charge in [-0.05, 0) is 25.1 Å². The van der Waals surface area contributed by atoms with Crippen molar-refractivity contribution >= 4 is 22.9 Å². The molecule has 0 fully saturated rings. The highest BCUT2D eigenvalue weighted by molar-refractivity contribution is 7.14. The van der Waals surface area contributed by atoms with Crippen molar-refractivity contribution in [3.63, 3.8) is 0 Å². The van der Waals surface area contributed by atoms with Gasteiger partial charge in [-0.15, -0.1) is 11.3 Å². The van der Waals surface area contributed by atoms with Crippen LogP contribution in [0.3, 0.4) is 0 Å². The maximum atomic E-state index is 11.8. The van der Waals surface area contributed by atoms with Crippen LogP contribution in [0.2, 0.25) is 0 Å². The molecule has 4 nitrogen and oxygen atoms in total. The lowest BCUT2D eigenvalue weighted by atomic mass is 10.3. The SMILES string of the molecule is COc1ccc(NC(=O)c2ccc(C)s2)cn1. The molecule has 0 spiro atoms. The molecule has 1 amide bonds. The summed E-state index contributed by atoms with van der Waals surface area (Å²) in [7, 11) is 1.55. The van der Waals surface area contributed by atoms with Crippen molar-refractivity contribution in [2.45, 2.75) is 6.92 Å². The van der Waals surface area contributed by atoms with Crippen molar-refractivity contribution < 1.29 is 9.53 Å². The van der Waals surface area contributed by atoms with Crippen LogP contribution >= 0.6 is 11.3 Å². The quantitative estimate of drug-likeness (QED) is 0.908. The van der Waals surface area contributed by atoms with Gasteiger partial charge in [-0.1, -0.05) is 0 Å². The number of hydrogen-bond acceptors (Lipinski definition) is 4. The van der Waals surface area contributed by atoms with E-state index in [-0.39, 0.29) is 5.91 Å². The molecular formula is C12H12N2O2S. The molecule has 0 aliphatic carbocycles. The van der Waals surface area contributed by atoms with E-state index < -0.39 is 0 Å². The molecule has 0 radical (unpaired) electrons. The van der Waals surface area contributed by atoms with Gasteiger partial charge in [0.25, 0.3) is 5.91 Å². The number of methoxy groups -OCH3 is 1. The number of aryl methyl sites for hydroxylation is 1. The Morgan fingerprint density at radius 2 is 2.18 bits per heavy atom. The van der Waals surface area contributed by atoms with Gasteiger partial charge in [0.1, 0.15) is 0 Å². The monoisotopic (exact) mass is 248 g/mol. The smallest absolute Gasteiger partial charge is 0.265 e. The van der Waals surface area contributed by atoms with Gasteiger partial charge in [0, 0.05) is 10.9 Å². The Bertz CT molecular complexity index is 520. The minimum absolute atomic E-state index is 0.116. The standard InChI is InChI=1S/C12H12N2O2S/c1-8-3-5-10(17-8)12(15)14-9-4-6-11(16-2)13-7-9/h3-7H,1-2H3,(H,14,15). The number of carbonyl (C=O) groups excluding carboxylic acids is 1. The third-order valence-corrected chi connectivity index (χ3v) is 3.17. The summed E-state index contributed by atoms with van der Waals surface area (Å²) in [6, 6.07) is 7.19. The fourth-order valence-corrected chi connectivity index (χ4v) is 2.09. The minimum atomic E-state index is -0.116. The van der Waals surface area contributed by atoms with Crippen LogP contribution in [0.15, 0.2) is 30.5 Å². The van der Waals surface area contributed by atoms with E-state index in [9.17, 15) is 4.79 Å². The van der Waals surface area contributed by atoms with Crippen LogP contribution in [-0.4, -0.2) is 18.0 Å². The van der Waals surface area contributed by atoms with E-state index in [1.807, 2.05) is 19.1 Å². The Kier molecular flexibility index (Phi) is 3.39. The van der Waals surface area contributed by atoms with E-state index in [0.717, 1.165) is 4.88 Å². The highest BCUT2D eigenvalue weighted by atomic mass is 32.1. The van der Waals surface area contributed by atoms with E-state index in [0.29, 0.717) is 16.4 Å². The summed E-state index contributed by atoms with van der Waals surface area (Å²) >= 11 is 1.47. The fourth-order valence-electron chi connectivity index (χ4n) is 1.32. The summed E-state index contributed by atoms with van der Waals surface area (Å²) in [6.07, 6.45) is 1.57. The highest BCUT2D eigenvalue weighted by Crippen LogP contribution is 2.17. The summed E-state index contributed by atoms with van der Waals surface area (Å²) in [5, 5.41) is 2.78. The van der Waals surface area contributed by atoms with E-state index in [4.69, 9.17) is 4.74 Å². The van der Waals surface area contributed by atoms with E-state index >= 15 is 0 Å². The van der Waals surface area contributed by atoms with Crippen LogP contribution in [0, 0.1) is 6.92 Å². The van der Waals surface area contributed by atoms with Gasteiger partial charge in [0.2, 0.25) is 5.88 Å². The van der Waals surface area contributed by atoms with Crippen molar-refractivity contribution in [3.05, 3.63) is 40.2 Å². The molecular weight excluding hydrogens is 236 g/mol. The second kappa shape index (κ2) is 4.97. The van der Waals surface area contributed by atoms with E-state index in [1.54, 1.807) is 25.4 Å². The number of pyridine rings is 1. The summed E-state index contributed by atoms with van der Waals surface area (Å²) < 4.78 is 4.94. The van der Waals surface area contributed by atoms with Gasteiger partial charge >= 0.3 is 0 Å². The number of anilines is 1. The second-order valence-electron chi connectivity index (χ2n) is 3.45. The average molecular weight is 248 g/mol. The third kappa shape index (κ3) is 2.82. The zero-order chi connectivity index (χ0) is 12.3. The second-order valence-corrected chi connectivity index (χ2v) is 4.74. The molecule has 0 aliphatic rings. The minimum Gasteiger partial charge on any atom is -0.481 e. The lowest BCUT2D eigenvalue weighted by Gasteiger charge is -2.03. The van der Waals surface area contributed by atoms with Crippen molar-refractivity contribution in [2.24, 2.45) is 0 Å². The molecule has 0 unspecified atom stereocenters. The van der Waals surface area contributed by atoms with Gasteiger partial charge in [-0.3, -0.25) is 4.79 Å². The first-order valence-corrected chi connectivity index (χ1v) is 5.88. The number of aromatic nitrogens is 1. The Morgan fingerprint density at radius 1 is 1.35 bits per heavy atom. The molecule has 0 saturated carbocycles. The number of thiophene rings is 1. The summed E-state index contributed by atoms with van der Waals surface area (Å²) in [5.74, 6) is 0.407. The zero-order valence-corrected chi connectivity index (χ0v) is 10.4. The van der Waals surface area contributed by atoms with Crippen LogP contribution in [0.4, 0.5) is 5.69 Å². The summed E-state index contributed by atoms with van der Waals surface area (Å²) in [5.41, 5.74) is 0.654. The van der Waals surface area contributed by atoms with Crippen LogP contribution < -0.4 is 10.1 Å². The molecule has 88 valence electrons. The Labute approximate surface area is 103 Å². The number of hydrogen-bond donors (Lipinski definition) is 1. The fraction of sp³-hybridized carbons (Fsp3) is 0.167. The maximum Gasteiger partial charge on any atom is 0.265 e. The molecule has 5 heteroatoms. The third-order valence-electron chi connectivity index (χ3n) is 2.17. The highest BCUT2D eigenvalue weighted by Gasteiger charge is 2.08. The van der Waals surface area contributed by atoms with Gasteiger partial charge in [0.05, 0.1) is 23.9 Å². The summed E-state index contributed by atoms with van der Waals surface area (Å²) in [4.78, 5) is 17.6. The van der Waals surface area contributed by atoms with Crippen LogP contribution in [-0.2, 0) is 0 Å². The molecule has 2 rings (SSSR count). The molecule has 17 heavy (non-hydrogen) atoms. The molecule has 2 aromatic heterocycles. The predicted octanol–water partition coefficient (Wildman–Crippen LogP) is 2.71. The van der Waals surface area contributed by atoms with Crippen molar-refractivity contribution in [1.82, 2.24) is 4.98 Å². The first kappa shape index (κ1) is 11.6. The van der Waals surface area contributed by atoms with Crippen molar-refractivity contribution in [2.75, 3.05) is 12.4 Å². The van der Waals surface area contributed by atoms with Gasteiger partial charge in [-0.2, -0.15) is 0 Å². The van der Waals surface area contributed by atoms with E-state index in [2.05, 4.69) is 10.3 Å². The van der Waals surface area contributed by atoms with Crippen molar-refractivity contribution in [1.29, 1.82) is 0 Å². The van der Waals surface area contributed by atoms with E-state index in [1.165, 1.54) is 11.3 Å². The topological polar surface area (TPSA) is 51.2 Å². The number of carbonyl (C=O) groups is 1. The largest absolute Gasteiger partial charge is 0.481 e. The zero-order valence-electron chi connectivity index (χ0n) is 9.56. The van der Waals surface area contributed by atoms with Crippen LogP contribution in [0.1, 0.15) is 14.5 Å². The number of nitrogens with one attached hydrogen (secondary N) is 1. The number of ether oxygens (including phenoxy) is 1. The Morgan fingerprint density at radius 3 is 2.71 bits per heavy atom. The number of rotatable bonds is 3. The molecule has 0 saturated heterocycles. The number of nitrogens with zero attached hydrogens (tertiary/aromatic N) is 1. The van der Waals surface area contributed by atoms with Gasteiger partial charge in [0.15, 0.2) is 0 Å². The van der Waals surface area contributed by atoms with Crippen LogP contribution in [0.5, 0.6) is 5.88 Å². The molecule has 0 bridgehead atoms. The van der Waals surface area contributed by atoms with Crippen molar-refractivity contribution in [3.8, 4) is 5.88 Å². The predicted molar refractivity (Wildman–Crippen MR) is 67.8 cm³/mol.